The molecule has 2 aliphatic carbocycles. The van der Waals surface area contributed by atoms with Crippen LogP contribution in [0.1, 0.15) is 133 Å². The van der Waals surface area contributed by atoms with Crippen LogP contribution in [0, 0.1) is 46.3 Å². The predicted molar refractivity (Wildman–Crippen MR) is 183 cm³/mol. The molecule has 1 aliphatic heterocycles. The molecule has 3 heteroatoms. The van der Waals surface area contributed by atoms with Gasteiger partial charge in [0.15, 0.2) is 0 Å². The minimum Gasteiger partial charge on any atom is -0.393 e. The van der Waals surface area contributed by atoms with Gasteiger partial charge in [-0.05, 0) is 77.0 Å². The van der Waals surface area contributed by atoms with Crippen LogP contribution in [0.4, 0.5) is 0 Å². The molecule has 3 nitrogen and oxygen atoms in total. The molecular formula is C40H64O3. The van der Waals surface area contributed by atoms with E-state index < -0.39 is 0 Å². The van der Waals surface area contributed by atoms with E-state index in [1.165, 1.54) is 36.8 Å². The van der Waals surface area contributed by atoms with Crippen molar-refractivity contribution in [3.8, 4) is 11.8 Å². The number of aliphatic hydroxyl groups is 2. The Labute approximate surface area is 265 Å². The molecular weight excluding hydrogens is 528 g/mol. The second-order valence-electron chi connectivity index (χ2n) is 16.2. The maximum atomic E-state index is 10.3. The van der Waals surface area contributed by atoms with Crippen molar-refractivity contribution in [1.29, 1.82) is 0 Å². The number of aliphatic hydroxyl groups excluding tert-OH is 2. The fraction of sp³-hybridized carbons (Fsp3) is 0.750. The largest absolute Gasteiger partial charge is 0.393 e. The number of epoxide rings is 1. The van der Waals surface area contributed by atoms with Gasteiger partial charge in [-0.2, -0.15) is 0 Å². The highest BCUT2D eigenvalue weighted by molar-refractivity contribution is 5.40. The van der Waals surface area contributed by atoms with Gasteiger partial charge < -0.3 is 14.9 Å². The maximum absolute atomic E-state index is 10.3. The Morgan fingerprint density at radius 2 is 1.51 bits per heavy atom. The smallest absolute Gasteiger partial charge is 0.121 e. The van der Waals surface area contributed by atoms with Gasteiger partial charge in [0.25, 0.3) is 0 Å². The van der Waals surface area contributed by atoms with Crippen LogP contribution >= 0.6 is 0 Å². The van der Waals surface area contributed by atoms with E-state index in [-0.39, 0.29) is 40.2 Å². The zero-order valence-electron chi connectivity index (χ0n) is 29.3. The van der Waals surface area contributed by atoms with Gasteiger partial charge >= 0.3 is 0 Å². The molecule has 0 bridgehead atoms. The lowest BCUT2D eigenvalue weighted by Gasteiger charge is -2.39. The molecule has 4 unspecified atom stereocenters. The Bertz CT molecular complexity index is 1110. The number of allylic oxidation sites excluding steroid dienone is 6. The summed E-state index contributed by atoms with van der Waals surface area (Å²) in [6.45, 7) is 22.3. The lowest BCUT2D eigenvalue weighted by atomic mass is 9.63. The fourth-order valence-corrected chi connectivity index (χ4v) is 7.97. The lowest BCUT2D eigenvalue weighted by Crippen LogP contribution is -2.46. The Morgan fingerprint density at radius 3 is 2.19 bits per heavy atom. The third-order valence-corrected chi connectivity index (χ3v) is 10.5. The molecule has 1 heterocycles. The third-order valence-electron chi connectivity index (χ3n) is 10.5. The fourth-order valence-electron chi connectivity index (χ4n) is 7.97. The number of fused-ring (bicyclic) bond motifs is 1. The topological polar surface area (TPSA) is 53.0 Å². The molecule has 0 aromatic rings. The minimum atomic E-state index is -0.259. The van der Waals surface area contributed by atoms with Gasteiger partial charge in [0.1, 0.15) is 11.2 Å². The van der Waals surface area contributed by atoms with Crippen molar-refractivity contribution in [2.75, 3.05) is 0 Å². The highest BCUT2D eigenvalue weighted by atomic mass is 16.6. The summed E-state index contributed by atoms with van der Waals surface area (Å²) in [6, 6.07) is 0. The van der Waals surface area contributed by atoms with Crippen molar-refractivity contribution in [2.24, 2.45) is 34.5 Å². The quantitative estimate of drug-likeness (QED) is 0.0969. The van der Waals surface area contributed by atoms with E-state index in [2.05, 4.69) is 118 Å². The number of unbranched alkanes of at least 4 members (excludes halogenated alkanes) is 1. The summed E-state index contributed by atoms with van der Waals surface area (Å²) in [5.41, 5.74) is 1.95. The lowest BCUT2D eigenvalue weighted by molar-refractivity contribution is 0.0513. The maximum Gasteiger partial charge on any atom is 0.121 e. The standard InChI is InChI=1S/C40H64O3/c1-29(17-13-19-31(3)21-22-36-33(5)25-34(41)26-37(36,6)7)15-11-12-16-30(2)18-14-20-32(4)23-24-40-38(8,9)27-35(42)28-39(40,10)43-40/h13-14,18-19,23-24,29-32,34-35,41-42H,11-12,15-17,20,25-28H2,1-10H3/b18-14+,19-13+,24-23+/t29?,30?,31?,32?,34-,35+,39-,40+/m1/s1. The number of rotatable bonds is 13. The van der Waals surface area contributed by atoms with Crippen LogP contribution in [0.5, 0.6) is 0 Å². The summed E-state index contributed by atoms with van der Waals surface area (Å²) in [7, 11) is 0. The SMILES string of the molecule is CC1=C(C#CC(C)/C=C/CC(C)CCCCC(C)/C=C/CC(C)/C=C/[C@@]23O[C@]2(C)C[C@@H](O)CC3(C)C)C(C)(C)C[C@H](O)C1. The molecule has 0 aromatic heterocycles. The van der Waals surface area contributed by atoms with E-state index in [0.29, 0.717) is 17.8 Å². The summed E-state index contributed by atoms with van der Waals surface area (Å²) < 4.78 is 6.30. The average molecular weight is 593 g/mol. The summed E-state index contributed by atoms with van der Waals surface area (Å²) >= 11 is 0. The molecule has 0 aromatic carbocycles. The van der Waals surface area contributed by atoms with Crippen LogP contribution in [0.3, 0.4) is 0 Å². The molecule has 0 amide bonds. The molecule has 1 saturated heterocycles. The molecule has 2 fully saturated rings. The molecule has 3 aliphatic rings. The van der Waals surface area contributed by atoms with E-state index in [4.69, 9.17) is 4.74 Å². The molecule has 0 spiro atoms. The minimum absolute atomic E-state index is 0.0389. The second kappa shape index (κ2) is 14.7. The molecule has 43 heavy (non-hydrogen) atoms. The van der Waals surface area contributed by atoms with Crippen molar-refractivity contribution in [3.05, 3.63) is 47.6 Å². The van der Waals surface area contributed by atoms with Crippen molar-refractivity contribution in [3.63, 3.8) is 0 Å². The first-order valence-corrected chi connectivity index (χ1v) is 17.3. The molecule has 242 valence electrons. The number of ether oxygens (including phenoxy) is 1. The van der Waals surface area contributed by atoms with Crippen LogP contribution in [-0.2, 0) is 4.74 Å². The van der Waals surface area contributed by atoms with E-state index in [0.717, 1.165) is 38.5 Å². The normalized spacial score (nSPS) is 32.8. The van der Waals surface area contributed by atoms with E-state index in [1.807, 2.05) is 0 Å². The van der Waals surface area contributed by atoms with Gasteiger partial charge in [-0.1, -0.05) is 122 Å². The first kappa shape index (κ1) is 35.9. The summed E-state index contributed by atoms with van der Waals surface area (Å²) in [4.78, 5) is 0. The number of hydrogen-bond acceptors (Lipinski definition) is 3. The molecule has 1 saturated carbocycles. The van der Waals surface area contributed by atoms with Gasteiger partial charge in [-0.15, -0.1) is 0 Å². The molecule has 3 rings (SSSR count). The second-order valence-corrected chi connectivity index (χ2v) is 16.2. The summed E-state index contributed by atoms with van der Waals surface area (Å²) in [6.07, 6.45) is 23.9. The van der Waals surface area contributed by atoms with E-state index >= 15 is 0 Å². The van der Waals surface area contributed by atoms with Crippen LogP contribution in [-0.4, -0.2) is 33.6 Å². The Morgan fingerprint density at radius 1 is 0.837 bits per heavy atom. The Hall–Kier alpha value is -1.60. The average Bonchev–Trinajstić information content (AvgIpc) is 3.49. The van der Waals surface area contributed by atoms with Crippen molar-refractivity contribution < 1.29 is 14.9 Å². The van der Waals surface area contributed by atoms with E-state index in [1.54, 1.807) is 0 Å². The van der Waals surface area contributed by atoms with Crippen LogP contribution < -0.4 is 0 Å². The van der Waals surface area contributed by atoms with Gasteiger partial charge in [0.2, 0.25) is 0 Å². The van der Waals surface area contributed by atoms with Crippen LogP contribution in [0.15, 0.2) is 47.6 Å². The highest BCUT2D eigenvalue weighted by Gasteiger charge is 2.74. The monoisotopic (exact) mass is 592 g/mol. The number of hydrogen-bond donors (Lipinski definition) is 2. The van der Waals surface area contributed by atoms with Gasteiger partial charge in [0, 0.05) is 28.7 Å². The zero-order valence-corrected chi connectivity index (χ0v) is 29.3. The molecule has 0 radical (unpaired) electrons. The third kappa shape index (κ3) is 9.45. The zero-order chi connectivity index (χ0) is 32.1. The van der Waals surface area contributed by atoms with Crippen molar-refractivity contribution in [1.82, 2.24) is 0 Å². The predicted octanol–water partition coefficient (Wildman–Crippen LogP) is 9.75. The first-order valence-electron chi connectivity index (χ1n) is 17.3. The molecule has 8 atom stereocenters. The van der Waals surface area contributed by atoms with Gasteiger partial charge in [-0.3, -0.25) is 0 Å². The van der Waals surface area contributed by atoms with E-state index in [9.17, 15) is 10.2 Å². The first-order chi connectivity index (χ1) is 20.0. The summed E-state index contributed by atoms with van der Waals surface area (Å²) in [5, 5.41) is 20.4. The Kier molecular flexibility index (Phi) is 12.2. The highest BCUT2D eigenvalue weighted by Crippen LogP contribution is 2.66. The summed E-state index contributed by atoms with van der Waals surface area (Å²) in [5.74, 6) is 8.96. The van der Waals surface area contributed by atoms with Crippen molar-refractivity contribution in [2.45, 2.75) is 157 Å². The molecule has 2 N–H and O–H groups in total. The Balaban J connectivity index is 1.31. The van der Waals surface area contributed by atoms with Crippen molar-refractivity contribution >= 4 is 0 Å². The van der Waals surface area contributed by atoms with Gasteiger partial charge in [0.05, 0.1) is 12.2 Å². The van der Waals surface area contributed by atoms with Gasteiger partial charge in [-0.25, -0.2) is 0 Å². The van der Waals surface area contributed by atoms with Crippen LogP contribution in [0.2, 0.25) is 0 Å². The van der Waals surface area contributed by atoms with Crippen LogP contribution in [0.25, 0.3) is 0 Å².